The number of hydrogen-bond acceptors (Lipinski definition) is 4. The zero-order valence-electron chi connectivity index (χ0n) is 9.65. The molecule has 2 rings (SSSR count). The van der Waals surface area contributed by atoms with Gasteiger partial charge in [0.2, 0.25) is 0 Å². The summed E-state index contributed by atoms with van der Waals surface area (Å²) in [6.07, 6.45) is 1.30. The lowest BCUT2D eigenvalue weighted by molar-refractivity contribution is 0.201. The van der Waals surface area contributed by atoms with Gasteiger partial charge in [-0.2, -0.15) is 11.8 Å². The van der Waals surface area contributed by atoms with Crippen LogP contribution < -0.4 is 0 Å². The highest BCUT2D eigenvalue weighted by Gasteiger charge is 2.25. The van der Waals surface area contributed by atoms with Crippen LogP contribution in [-0.4, -0.2) is 34.5 Å². The Balaban J connectivity index is 2.02. The van der Waals surface area contributed by atoms with E-state index in [0.29, 0.717) is 18.0 Å². The molecule has 1 aromatic rings. The second-order valence-electron chi connectivity index (χ2n) is 4.17. The maximum Gasteiger partial charge on any atom is 0.110 e. The van der Waals surface area contributed by atoms with Crippen LogP contribution in [0.3, 0.4) is 0 Å². The zero-order valence-corrected chi connectivity index (χ0v) is 12.0. The summed E-state index contributed by atoms with van der Waals surface area (Å²) in [6, 6.07) is 1.12. The minimum absolute atomic E-state index is 0.408. The summed E-state index contributed by atoms with van der Waals surface area (Å²) in [7, 11) is 2.21. The third-order valence-electron chi connectivity index (χ3n) is 3.16. The van der Waals surface area contributed by atoms with Crippen molar-refractivity contribution in [3.63, 3.8) is 0 Å². The Hall–Kier alpha value is 0.230. The van der Waals surface area contributed by atoms with Gasteiger partial charge < -0.3 is 0 Å². The van der Waals surface area contributed by atoms with Gasteiger partial charge in [-0.15, -0.1) is 22.9 Å². The minimum Gasteiger partial charge on any atom is -0.293 e. The summed E-state index contributed by atoms with van der Waals surface area (Å²) < 4.78 is 0. The molecular weight excluding hydrogens is 260 g/mol. The van der Waals surface area contributed by atoms with E-state index in [1.54, 1.807) is 11.3 Å². The molecule has 0 spiro atoms. The van der Waals surface area contributed by atoms with Gasteiger partial charge in [0.05, 0.1) is 17.6 Å². The first-order valence-electron chi connectivity index (χ1n) is 5.52. The van der Waals surface area contributed by atoms with Gasteiger partial charge in [0.25, 0.3) is 0 Å². The number of rotatable bonds is 4. The van der Waals surface area contributed by atoms with Gasteiger partial charge in [-0.3, -0.25) is 4.90 Å². The van der Waals surface area contributed by atoms with Gasteiger partial charge in [-0.25, -0.2) is 4.98 Å². The van der Waals surface area contributed by atoms with Crippen LogP contribution in [0.2, 0.25) is 0 Å². The van der Waals surface area contributed by atoms with Gasteiger partial charge in [-0.1, -0.05) is 0 Å². The fourth-order valence-electron chi connectivity index (χ4n) is 1.91. The number of hydrogen-bond donors (Lipinski definition) is 0. The van der Waals surface area contributed by atoms with E-state index in [1.807, 2.05) is 0 Å². The van der Waals surface area contributed by atoms with E-state index in [-0.39, 0.29) is 0 Å². The van der Waals surface area contributed by atoms with Crippen LogP contribution in [0.5, 0.6) is 0 Å². The van der Waals surface area contributed by atoms with Crippen LogP contribution in [0.1, 0.15) is 30.1 Å². The van der Waals surface area contributed by atoms with Gasteiger partial charge in [0, 0.05) is 17.2 Å². The fraction of sp³-hybridized carbons (Fsp3) is 0.727. The maximum absolute atomic E-state index is 5.78. The lowest BCUT2D eigenvalue weighted by atomic mass is 10.2. The second kappa shape index (κ2) is 5.71. The van der Waals surface area contributed by atoms with E-state index < -0.39 is 0 Å². The predicted molar refractivity (Wildman–Crippen MR) is 73.6 cm³/mol. The van der Waals surface area contributed by atoms with Gasteiger partial charge >= 0.3 is 0 Å². The first kappa shape index (κ1) is 12.7. The molecule has 0 saturated carbocycles. The van der Waals surface area contributed by atoms with E-state index in [1.165, 1.54) is 22.9 Å². The average molecular weight is 277 g/mol. The lowest BCUT2D eigenvalue weighted by Gasteiger charge is -2.28. The highest BCUT2D eigenvalue weighted by molar-refractivity contribution is 7.99. The van der Waals surface area contributed by atoms with E-state index in [0.717, 1.165) is 5.69 Å². The Morgan fingerprint density at radius 1 is 1.69 bits per heavy atom. The van der Waals surface area contributed by atoms with Crippen LogP contribution in [0, 0.1) is 0 Å². The number of nitrogens with zero attached hydrogens (tertiary/aromatic N) is 2. The second-order valence-corrected chi connectivity index (χ2v) is 6.48. The predicted octanol–water partition coefficient (Wildman–Crippen LogP) is 3.38. The topological polar surface area (TPSA) is 16.1 Å². The number of thiazole rings is 1. The molecular formula is C11H17ClN2S2. The van der Waals surface area contributed by atoms with Crippen LogP contribution in [0.4, 0.5) is 0 Å². The third kappa shape index (κ3) is 2.73. The van der Waals surface area contributed by atoms with Crippen molar-refractivity contribution in [2.24, 2.45) is 0 Å². The largest absolute Gasteiger partial charge is 0.293 e. The summed E-state index contributed by atoms with van der Waals surface area (Å²) in [4.78, 5) is 7.01. The quantitative estimate of drug-likeness (QED) is 0.785. The molecule has 1 fully saturated rings. The average Bonchev–Trinajstić information content (AvgIpc) is 2.97. The molecule has 0 radical (unpaired) electrons. The molecule has 2 atom stereocenters. The van der Waals surface area contributed by atoms with Crippen molar-refractivity contribution in [2.45, 2.75) is 31.3 Å². The number of alkyl halides is 1. The Bertz CT molecular complexity index is 336. The van der Waals surface area contributed by atoms with Crippen molar-refractivity contribution < 1.29 is 0 Å². The number of aromatic nitrogens is 1. The molecule has 2 heterocycles. The number of halogens is 1. The van der Waals surface area contributed by atoms with Crippen LogP contribution in [0.25, 0.3) is 0 Å². The lowest BCUT2D eigenvalue weighted by Crippen LogP contribution is -2.33. The molecule has 1 aliphatic rings. The molecule has 0 bridgehead atoms. The monoisotopic (exact) mass is 276 g/mol. The molecule has 0 N–H and O–H groups in total. The van der Waals surface area contributed by atoms with E-state index in [2.05, 4.69) is 41.0 Å². The Morgan fingerprint density at radius 2 is 2.50 bits per heavy atom. The third-order valence-corrected chi connectivity index (χ3v) is 5.64. The molecule has 0 aromatic carbocycles. The molecule has 16 heavy (non-hydrogen) atoms. The van der Waals surface area contributed by atoms with Crippen molar-refractivity contribution in [2.75, 3.05) is 18.6 Å². The van der Waals surface area contributed by atoms with Crippen LogP contribution >= 0.6 is 34.7 Å². The Labute approximate surface area is 110 Å². The first-order valence-corrected chi connectivity index (χ1v) is 8.09. The summed E-state index contributed by atoms with van der Waals surface area (Å²) in [5, 5.41) is 3.26. The fourth-order valence-corrected chi connectivity index (χ4v) is 4.34. The van der Waals surface area contributed by atoms with Crippen molar-refractivity contribution in [3.05, 3.63) is 16.1 Å². The summed E-state index contributed by atoms with van der Waals surface area (Å²) in [6.45, 7) is 2.24. The summed E-state index contributed by atoms with van der Waals surface area (Å²) in [5.74, 6) is 3.08. The SMILES string of the molecule is CC(c1nc(CCl)cs1)N(C)C1CCSC1. The van der Waals surface area contributed by atoms with E-state index in [4.69, 9.17) is 11.6 Å². The molecule has 1 aliphatic heterocycles. The highest BCUT2D eigenvalue weighted by atomic mass is 35.5. The maximum atomic E-state index is 5.78. The molecule has 0 amide bonds. The first-order chi connectivity index (χ1) is 7.72. The van der Waals surface area contributed by atoms with Crippen molar-refractivity contribution in [1.29, 1.82) is 0 Å². The van der Waals surface area contributed by atoms with Gasteiger partial charge in [-0.05, 0) is 26.1 Å². The smallest absolute Gasteiger partial charge is 0.110 e. The highest BCUT2D eigenvalue weighted by Crippen LogP contribution is 2.30. The Morgan fingerprint density at radius 3 is 3.06 bits per heavy atom. The molecule has 1 aromatic heterocycles. The Kier molecular flexibility index (Phi) is 4.53. The van der Waals surface area contributed by atoms with Crippen molar-refractivity contribution in [1.82, 2.24) is 9.88 Å². The van der Waals surface area contributed by atoms with Crippen LogP contribution in [0.15, 0.2) is 5.38 Å². The standard InChI is InChI=1S/C11H17ClN2S2/c1-8(11-13-9(5-12)6-16-11)14(2)10-3-4-15-7-10/h6,8,10H,3-5,7H2,1-2H3. The molecule has 2 unspecified atom stereocenters. The zero-order chi connectivity index (χ0) is 11.5. The molecule has 90 valence electrons. The van der Waals surface area contributed by atoms with E-state index in [9.17, 15) is 0 Å². The molecule has 2 nitrogen and oxygen atoms in total. The van der Waals surface area contributed by atoms with Gasteiger partial charge in [0.15, 0.2) is 0 Å². The minimum atomic E-state index is 0.408. The molecule has 5 heteroatoms. The van der Waals surface area contributed by atoms with Crippen LogP contribution in [-0.2, 0) is 5.88 Å². The summed E-state index contributed by atoms with van der Waals surface area (Å²) >= 11 is 9.56. The van der Waals surface area contributed by atoms with Crippen molar-refractivity contribution in [3.8, 4) is 0 Å². The summed E-state index contributed by atoms with van der Waals surface area (Å²) in [5.41, 5.74) is 1.00. The number of thioether (sulfide) groups is 1. The molecule has 0 aliphatic carbocycles. The van der Waals surface area contributed by atoms with Gasteiger partial charge in [0.1, 0.15) is 5.01 Å². The molecule has 1 saturated heterocycles. The normalized spacial score (nSPS) is 22.9. The van der Waals surface area contributed by atoms with E-state index >= 15 is 0 Å². The van der Waals surface area contributed by atoms with Crippen molar-refractivity contribution >= 4 is 34.7 Å².